The van der Waals surface area contributed by atoms with Gasteiger partial charge in [0.2, 0.25) is 10.0 Å². The van der Waals surface area contributed by atoms with Gasteiger partial charge in [0.15, 0.2) is 0 Å². The fourth-order valence-electron chi connectivity index (χ4n) is 1.46. The monoisotopic (exact) mass is 221 g/mol. The largest absolute Gasteiger partial charge is 0.377 e. The Labute approximate surface area is 86.1 Å². The van der Waals surface area contributed by atoms with E-state index in [1.165, 1.54) is 0 Å². The Morgan fingerprint density at radius 3 is 2.79 bits per heavy atom. The Balaban J connectivity index is 2.40. The van der Waals surface area contributed by atoms with E-state index in [1.807, 2.05) is 13.8 Å². The van der Waals surface area contributed by atoms with Crippen LogP contribution in [0.4, 0.5) is 0 Å². The minimum absolute atomic E-state index is 0.0152. The topological polar surface area (TPSA) is 55.4 Å². The Morgan fingerprint density at radius 1 is 1.57 bits per heavy atom. The Bertz CT molecular complexity index is 257. The van der Waals surface area contributed by atoms with Gasteiger partial charge < -0.3 is 4.74 Å². The van der Waals surface area contributed by atoms with Crippen LogP contribution in [0.2, 0.25) is 0 Å². The van der Waals surface area contributed by atoms with Crippen LogP contribution in [0.15, 0.2) is 0 Å². The van der Waals surface area contributed by atoms with Crippen molar-refractivity contribution >= 4 is 10.0 Å². The second-order valence-electron chi connectivity index (χ2n) is 3.84. The van der Waals surface area contributed by atoms with Crippen molar-refractivity contribution in [2.24, 2.45) is 0 Å². The first-order valence-corrected chi connectivity index (χ1v) is 6.80. The summed E-state index contributed by atoms with van der Waals surface area (Å²) in [7, 11) is -3.15. The van der Waals surface area contributed by atoms with Gasteiger partial charge in [-0.05, 0) is 26.2 Å². The van der Waals surface area contributed by atoms with Crippen LogP contribution in [0.25, 0.3) is 0 Å². The van der Waals surface area contributed by atoms with Gasteiger partial charge in [0.1, 0.15) is 0 Å². The van der Waals surface area contributed by atoms with Crippen LogP contribution in [-0.4, -0.2) is 32.9 Å². The first-order valence-electron chi connectivity index (χ1n) is 5.15. The van der Waals surface area contributed by atoms with E-state index in [4.69, 9.17) is 4.74 Å². The van der Waals surface area contributed by atoms with E-state index in [2.05, 4.69) is 4.72 Å². The molecule has 0 aromatic carbocycles. The maximum atomic E-state index is 11.6. The first kappa shape index (κ1) is 11.9. The van der Waals surface area contributed by atoms with E-state index in [-0.39, 0.29) is 17.9 Å². The van der Waals surface area contributed by atoms with Gasteiger partial charge in [0.05, 0.1) is 11.9 Å². The van der Waals surface area contributed by atoms with Crippen molar-refractivity contribution < 1.29 is 13.2 Å². The number of ether oxygens (including phenoxy) is 1. The molecule has 0 radical (unpaired) electrons. The molecule has 14 heavy (non-hydrogen) atoms. The summed E-state index contributed by atoms with van der Waals surface area (Å²) in [4.78, 5) is 0. The highest BCUT2D eigenvalue weighted by atomic mass is 32.2. The van der Waals surface area contributed by atoms with Crippen LogP contribution in [0.5, 0.6) is 0 Å². The number of hydrogen-bond acceptors (Lipinski definition) is 3. The Hall–Kier alpha value is -0.130. The maximum absolute atomic E-state index is 11.6. The van der Waals surface area contributed by atoms with Crippen LogP contribution in [0.1, 0.15) is 33.1 Å². The molecule has 1 fully saturated rings. The lowest BCUT2D eigenvalue weighted by molar-refractivity contribution is 0.127. The SMILES string of the molecule is CCC(C)NS(=O)(=O)CC1CCCO1. The summed E-state index contributed by atoms with van der Waals surface area (Å²) < 4.78 is 31.0. The van der Waals surface area contributed by atoms with Crippen LogP contribution in [-0.2, 0) is 14.8 Å². The van der Waals surface area contributed by atoms with Crippen molar-refractivity contribution in [1.29, 1.82) is 0 Å². The van der Waals surface area contributed by atoms with Crippen LogP contribution in [0, 0.1) is 0 Å². The summed E-state index contributed by atoms with van der Waals surface area (Å²) in [5.41, 5.74) is 0. The van der Waals surface area contributed by atoms with E-state index in [0.29, 0.717) is 6.61 Å². The third kappa shape index (κ3) is 3.94. The van der Waals surface area contributed by atoms with Gasteiger partial charge in [-0.2, -0.15) is 0 Å². The summed E-state index contributed by atoms with van der Waals surface area (Å²) >= 11 is 0. The van der Waals surface area contributed by atoms with Gasteiger partial charge in [0.25, 0.3) is 0 Å². The predicted molar refractivity (Wildman–Crippen MR) is 55.6 cm³/mol. The van der Waals surface area contributed by atoms with E-state index in [1.54, 1.807) is 0 Å². The standard InChI is InChI=1S/C9H19NO3S/c1-3-8(2)10-14(11,12)7-9-5-4-6-13-9/h8-10H,3-7H2,1-2H3. The van der Waals surface area contributed by atoms with Gasteiger partial charge in [0, 0.05) is 12.6 Å². The van der Waals surface area contributed by atoms with E-state index in [0.717, 1.165) is 19.3 Å². The van der Waals surface area contributed by atoms with Crippen molar-refractivity contribution in [3.8, 4) is 0 Å². The van der Waals surface area contributed by atoms with Crippen LogP contribution < -0.4 is 4.72 Å². The van der Waals surface area contributed by atoms with Crippen molar-refractivity contribution in [2.45, 2.75) is 45.3 Å². The minimum atomic E-state index is -3.15. The van der Waals surface area contributed by atoms with Gasteiger partial charge in [-0.3, -0.25) is 0 Å². The summed E-state index contributed by atoms with van der Waals surface area (Å²) in [6, 6.07) is 0.0152. The molecule has 1 N–H and O–H groups in total. The maximum Gasteiger partial charge on any atom is 0.214 e. The molecule has 4 nitrogen and oxygen atoms in total. The zero-order chi connectivity index (χ0) is 10.6. The molecule has 1 rings (SSSR count). The molecule has 1 aliphatic heterocycles. The third-order valence-corrected chi connectivity index (χ3v) is 3.99. The van der Waals surface area contributed by atoms with Crippen molar-refractivity contribution in [3.63, 3.8) is 0 Å². The molecule has 1 heterocycles. The minimum Gasteiger partial charge on any atom is -0.377 e. The normalized spacial score (nSPS) is 25.1. The second kappa shape index (κ2) is 5.09. The summed E-state index contributed by atoms with van der Waals surface area (Å²) in [5.74, 6) is 0.108. The molecule has 0 amide bonds. The quantitative estimate of drug-likeness (QED) is 0.750. The molecule has 2 atom stereocenters. The lowest BCUT2D eigenvalue weighted by Gasteiger charge is -2.14. The van der Waals surface area contributed by atoms with Gasteiger partial charge >= 0.3 is 0 Å². The molecule has 5 heteroatoms. The summed E-state index contributed by atoms with van der Waals surface area (Å²) in [5, 5.41) is 0. The fourth-order valence-corrected chi connectivity index (χ4v) is 3.09. The molecule has 1 aliphatic rings. The van der Waals surface area contributed by atoms with Crippen molar-refractivity contribution in [2.75, 3.05) is 12.4 Å². The number of nitrogens with one attached hydrogen (secondary N) is 1. The lowest BCUT2D eigenvalue weighted by Crippen LogP contribution is -2.37. The molecule has 0 spiro atoms. The molecule has 0 aromatic rings. The van der Waals surface area contributed by atoms with Crippen LogP contribution >= 0.6 is 0 Å². The first-order chi connectivity index (χ1) is 6.53. The summed E-state index contributed by atoms with van der Waals surface area (Å²) in [6.07, 6.45) is 2.55. The smallest absolute Gasteiger partial charge is 0.214 e. The fraction of sp³-hybridized carbons (Fsp3) is 1.00. The number of hydrogen-bond donors (Lipinski definition) is 1. The molecule has 2 unspecified atom stereocenters. The predicted octanol–water partition coefficient (Wildman–Crippen LogP) is 0.883. The van der Waals surface area contributed by atoms with Crippen LogP contribution in [0.3, 0.4) is 0 Å². The third-order valence-electron chi connectivity index (χ3n) is 2.42. The highest BCUT2D eigenvalue weighted by molar-refractivity contribution is 7.89. The Morgan fingerprint density at radius 2 is 2.29 bits per heavy atom. The van der Waals surface area contributed by atoms with E-state index in [9.17, 15) is 8.42 Å². The number of rotatable bonds is 5. The van der Waals surface area contributed by atoms with Crippen molar-refractivity contribution in [3.05, 3.63) is 0 Å². The second-order valence-corrected chi connectivity index (χ2v) is 5.64. The molecular weight excluding hydrogens is 202 g/mol. The zero-order valence-electron chi connectivity index (χ0n) is 8.82. The molecule has 0 aromatic heterocycles. The molecular formula is C9H19NO3S. The molecule has 84 valence electrons. The van der Waals surface area contributed by atoms with Crippen molar-refractivity contribution in [1.82, 2.24) is 4.72 Å². The molecule has 0 bridgehead atoms. The molecule has 0 aliphatic carbocycles. The molecule has 1 saturated heterocycles. The Kier molecular flexibility index (Phi) is 4.34. The zero-order valence-corrected chi connectivity index (χ0v) is 9.64. The number of sulfonamides is 1. The lowest BCUT2D eigenvalue weighted by atomic mass is 10.3. The summed E-state index contributed by atoms with van der Waals surface area (Å²) in [6.45, 7) is 4.52. The van der Waals surface area contributed by atoms with E-state index < -0.39 is 10.0 Å². The average molecular weight is 221 g/mol. The van der Waals surface area contributed by atoms with Gasteiger partial charge in [-0.15, -0.1) is 0 Å². The highest BCUT2D eigenvalue weighted by Crippen LogP contribution is 2.13. The average Bonchev–Trinajstić information content (AvgIpc) is 2.54. The molecule has 0 saturated carbocycles. The highest BCUT2D eigenvalue weighted by Gasteiger charge is 2.23. The van der Waals surface area contributed by atoms with Gasteiger partial charge in [-0.1, -0.05) is 6.92 Å². The van der Waals surface area contributed by atoms with E-state index >= 15 is 0 Å². The van der Waals surface area contributed by atoms with Gasteiger partial charge in [-0.25, -0.2) is 13.1 Å².